The van der Waals surface area contributed by atoms with Crippen molar-refractivity contribution in [1.82, 2.24) is 4.90 Å². The van der Waals surface area contributed by atoms with Crippen LogP contribution in [0.25, 0.3) is 0 Å². The van der Waals surface area contributed by atoms with Gasteiger partial charge in [0.05, 0.1) is 12.2 Å². The van der Waals surface area contributed by atoms with Gasteiger partial charge >= 0.3 is 0 Å². The molecule has 3 aliphatic rings. The minimum absolute atomic E-state index is 0.102. The van der Waals surface area contributed by atoms with Crippen LogP contribution in [0.5, 0.6) is 5.75 Å². The molecule has 6 rings (SSSR count). The summed E-state index contributed by atoms with van der Waals surface area (Å²) in [6.07, 6.45) is 6.41. The Kier molecular flexibility index (Phi) is 9.20. The van der Waals surface area contributed by atoms with Gasteiger partial charge in [0.2, 0.25) is 0 Å². The van der Waals surface area contributed by atoms with E-state index in [9.17, 15) is 13.9 Å². The number of aryl methyl sites for hydroxylation is 1. The van der Waals surface area contributed by atoms with Gasteiger partial charge in [0.25, 0.3) is 0 Å². The second kappa shape index (κ2) is 13.0. The van der Waals surface area contributed by atoms with Crippen LogP contribution in [0.3, 0.4) is 0 Å². The number of aliphatic hydroxyl groups is 1. The highest BCUT2D eigenvalue weighted by Gasteiger charge is 2.33. The fraction of sp³-hybridized carbons (Fsp3) is 0.486. The molecule has 3 aromatic rings. The van der Waals surface area contributed by atoms with E-state index in [0.717, 1.165) is 62.9 Å². The molecule has 0 amide bonds. The molecule has 0 aromatic heterocycles. The normalized spacial score (nSPS) is 28.6. The Labute approximate surface area is 253 Å². The first-order valence-corrected chi connectivity index (χ1v) is 15.9. The zero-order valence-corrected chi connectivity index (χ0v) is 25.1. The predicted octanol–water partition coefficient (Wildman–Crippen LogP) is 7.51. The van der Waals surface area contributed by atoms with Crippen LogP contribution in [0.1, 0.15) is 84.8 Å². The largest absolute Gasteiger partial charge is 0.489 e. The number of aliphatic hydroxyl groups excluding tert-OH is 1. The Balaban J connectivity index is 1.00. The molecule has 4 nitrogen and oxygen atoms in total. The third-order valence-electron chi connectivity index (χ3n) is 9.43. The van der Waals surface area contributed by atoms with Crippen molar-refractivity contribution in [1.29, 1.82) is 0 Å². The first-order valence-electron chi connectivity index (χ1n) is 15.4. The van der Waals surface area contributed by atoms with Gasteiger partial charge in [-0.2, -0.15) is 0 Å². The lowest BCUT2D eigenvalue weighted by atomic mass is 9.81. The zero-order chi connectivity index (χ0) is 29.2. The van der Waals surface area contributed by atoms with Crippen LogP contribution >= 0.6 is 12.6 Å². The molecule has 2 saturated heterocycles. The summed E-state index contributed by atoms with van der Waals surface area (Å²) in [5.74, 6) is 0.353. The topological polar surface area (TPSA) is 41.9 Å². The highest BCUT2D eigenvalue weighted by atomic mass is 32.1. The Hall–Kier alpha value is -2.45. The number of halogens is 2. The first-order chi connectivity index (χ1) is 20.3. The van der Waals surface area contributed by atoms with E-state index in [0.29, 0.717) is 24.4 Å². The smallest absolute Gasteiger partial charge is 0.126 e. The summed E-state index contributed by atoms with van der Waals surface area (Å²) in [5.41, 5.74) is 5.09. The van der Waals surface area contributed by atoms with Crippen molar-refractivity contribution in [2.75, 3.05) is 13.1 Å². The van der Waals surface area contributed by atoms with Gasteiger partial charge in [-0.25, -0.2) is 8.78 Å². The average molecular weight is 594 g/mol. The number of ether oxygens (including phenoxy) is 2. The second-order valence-electron chi connectivity index (χ2n) is 12.4. The molecule has 4 atom stereocenters. The molecule has 1 N–H and O–H groups in total. The molecule has 42 heavy (non-hydrogen) atoms. The summed E-state index contributed by atoms with van der Waals surface area (Å²) in [6, 6.07) is 19.2. The van der Waals surface area contributed by atoms with Crippen LogP contribution in [0, 0.1) is 18.6 Å². The number of thiol groups is 1. The van der Waals surface area contributed by atoms with Gasteiger partial charge in [-0.1, -0.05) is 30.3 Å². The number of benzene rings is 3. The monoisotopic (exact) mass is 593 g/mol. The van der Waals surface area contributed by atoms with E-state index < -0.39 is 0 Å². The van der Waals surface area contributed by atoms with E-state index in [1.54, 1.807) is 0 Å². The predicted molar refractivity (Wildman–Crippen MR) is 164 cm³/mol. The SMILES string of the molecule is Cc1ccc([C@H]2C[C@@H](O)C[C@@H](S)O2)cc1Cc1ccc(O[C@@H]2CCN(C3CCC(c4cc(F)ccc4F)CC3)C2)cc1. The van der Waals surface area contributed by atoms with Gasteiger partial charge in [-0.05, 0) is 110 Å². The molecule has 3 fully saturated rings. The molecule has 224 valence electrons. The number of hydrogen-bond acceptors (Lipinski definition) is 5. The van der Waals surface area contributed by atoms with Crippen LogP contribution < -0.4 is 4.74 Å². The number of nitrogens with zero attached hydrogens (tertiary/aromatic N) is 1. The van der Waals surface area contributed by atoms with Crippen LogP contribution in [0.4, 0.5) is 8.78 Å². The average Bonchev–Trinajstić information content (AvgIpc) is 3.44. The van der Waals surface area contributed by atoms with Crippen molar-refractivity contribution in [2.45, 2.75) is 94.0 Å². The Morgan fingerprint density at radius 3 is 2.50 bits per heavy atom. The van der Waals surface area contributed by atoms with Gasteiger partial charge in [0.1, 0.15) is 28.9 Å². The van der Waals surface area contributed by atoms with Gasteiger partial charge < -0.3 is 14.6 Å². The second-order valence-corrected chi connectivity index (χ2v) is 13.0. The maximum Gasteiger partial charge on any atom is 0.126 e. The molecule has 2 heterocycles. The summed E-state index contributed by atoms with van der Waals surface area (Å²) in [4.78, 5) is 2.53. The Bertz CT molecular complexity index is 1350. The molecular formula is C35H41F2NO3S. The van der Waals surface area contributed by atoms with Gasteiger partial charge in [0.15, 0.2) is 0 Å². The molecule has 7 heteroatoms. The highest BCUT2D eigenvalue weighted by molar-refractivity contribution is 7.80. The van der Waals surface area contributed by atoms with E-state index >= 15 is 0 Å². The van der Waals surface area contributed by atoms with Crippen molar-refractivity contribution in [3.8, 4) is 5.75 Å². The van der Waals surface area contributed by atoms with E-state index in [-0.39, 0.29) is 41.3 Å². The summed E-state index contributed by atoms with van der Waals surface area (Å²) < 4.78 is 40.3. The summed E-state index contributed by atoms with van der Waals surface area (Å²) in [5, 5.41) is 10.2. The Morgan fingerprint density at radius 2 is 1.74 bits per heavy atom. The van der Waals surface area contributed by atoms with E-state index in [1.165, 1.54) is 34.9 Å². The molecular weight excluding hydrogens is 552 g/mol. The quantitative estimate of drug-likeness (QED) is 0.278. The fourth-order valence-corrected chi connectivity index (χ4v) is 7.42. The van der Waals surface area contributed by atoms with Gasteiger partial charge in [0, 0.05) is 32.0 Å². The first kappa shape index (κ1) is 29.6. The summed E-state index contributed by atoms with van der Waals surface area (Å²) in [6.45, 7) is 4.05. The molecule has 0 bridgehead atoms. The maximum atomic E-state index is 14.3. The van der Waals surface area contributed by atoms with Crippen molar-refractivity contribution < 1.29 is 23.4 Å². The lowest BCUT2D eigenvalue weighted by Crippen LogP contribution is -2.37. The molecule has 3 aromatic carbocycles. The van der Waals surface area contributed by atoms with Gasteiger partial charge in [-0.15, -0.1) is 12.6 Å². The minimum Gasteiger partial charge on any atom is -0.489 e. The maximum absolute atomic E-state index is 14.3. The molecule has 0 spiro atoms. The Morgan fingerprint density at radius 1 is 0.952 bits per heavy atom. The van der Waals surface area contributed by atoms with E-state index in [4.69, 9.17) is 9.47 Å². The third-order valence-corrected chi connectivity index (χ3v) is 9.77. The van der Waals surface area contributed by atoms with Crippen molar-refractivity contribution >= 4 is 12.6 Å². The lowest BCUT2D eigenvalue weighted by Gasteiger charge is -2.34. The lowest BCUT2D eigenvalue weighted by molar-refractivity contribution is -0.0598. The van der Waals surface area contributed by atoms with Crippen molar-refractivity contribution in [2.24, 2.45) is 0 Å². The van der Waals surface area contributed by atoms with Crippen LogP contribution in [0.15, 0.2) is 60.7 Å². The van der Waals surface area contributed by atoms with Crippen molar-refractivity contribution in [3.63, 3.8) is 0 Å². The minimum atomic E-state index is -0.386. The number of hydrogen-bond donors (Lipinski definition) is 2. The summed E-state index contributed by atoms with van der Waals surface area (Å²) in [7, 11) is 0. The fourth-order valence-electron chi connectivity index (χ4n) is 7.03. The van der Waals surface area contributed by atoms with E-state index in [2.05, 4.69) is 66.9 Å². The third kappa shape index (κ3) is 7.02. The van der Waals surface area contributed by atoms with E-state index in [1.807, 2.05) is 0 Å². The highest BCUT2D eigenvalue weighted by Crippen LogP contribution is 2.38. The molecule has 1 aliphatic carbocycles. The van der Waals surface area contributed by atoms with Crippen LogP contribution in [-0.2, 0) is 11.2 Å². The number of likely N-dealkylation sites (tertiary alicyclic amines) is 1. The molecule has 2 aliphatic heterocycles. The molecule has 0 radical (unpaired) electrons. The van der Waals surface area contributed by atoms with Crippen LogP contribution in [0.2, 0.25) is 0 Å². The number of rotatable bonds is 7. The van der Waals surface area contributed by atoms with Crippen molar-refractivity contribution in [3.05, 3.63) is 100 Å². The standard InChI is InChI=1S/C35H41F2NO3S/c1-22-2-5-25(34-19-29(39)20-35(42)41-34)17-26(22)16-23-3-11-30(12-4-23)40-31-14-15-38(21-31)28-9-6-24(7-10-28)32-18-27(36)8-13-33(32)37/h2-5,8,11-13,17-18,24,28-29,31,34-35,39,42H,6-7,9-10,14-16,19-21H2,1H3/t24?,28?,29-,31-,34-,35-/m1/s1. The van der Waals surface area contributed by atoms with Gasteiger partial charge in [-0.3, -0.25) is 4.90 Å². The summed E-state index contributed by atoms with van der Waals surface area (Å²) >= 11 is 4.44. The molecule has 0 unspecified atom stereocenters. The van der Waals surface area contributed by atoms with Crippen LogP contribution in [-0.4, -0.2) is 46.8 Å². The molecule has 1 saturated carbocycles. The zero-order valence-electron chi connectivity index (χ0n) is 24.2.